The van der Waals surface area contributed by atoms with E-state index in [2.05, 4.69) is 11.2 Å². The first kappa shape index (κ1) is 22.2. The Kier molecular flexibility index (Phi) is 7.98. The van der Waals surface area contributed by atoms with E-state index < -0.39 is 5.91 Å². The van der Waals surface area contributed by atoms with Crippen LogP contribution in [0.1, 0.15) is 18.1 Å². The number of nitrogens with one attached hydrogen (secondary N) is 1. The average molecular weight is 429 g/mol. The van der Waals surface area contributed by atoms with E-state index in [0.717, 1.165) is 5.56 Å². The molecule has 0 aromatic heterocycles. The Morgan fingerprint density at radius 1 is 1.24 bits per heavy atom. The predicted octanol–water partition coefficient (Wildman–Crippen LogP) is 5.26. The summed E-state index contributed by atoms with van der Waals surface area (Å²) in [7, 11) is 0. The van der Waals surface area contributed by atoms with Gasteiger partial charge in [0.25, 0.3) is 5.91 Å². The normalized spacial score (nSPS) is 10.6. The van der Waals surface area contributed by atoms with E-state index >= 15 is 0 Å². The minimum Gasteiger partial charge on any atom is -0.490 e. The summed E-state index contributed by atoms with van der Waals surface area (Å²) in [5, 5.41) is 12.8. The molecule has 2 aromatic carbocycles. The van der Waals surface area contributed by atoms with Gasteiger partial charge in [0, 0.05) is 10.7 Å². The molecule has 0 aliphatic heterocycles. The lowest BCUT2D eigenvalue weighted by molar-refractivity contribution is -0.112. The maximum Gasteiger partial charge on any atom is 0.266 e. The molecule has 0 radical (unpaired) electrons. The van der Waals surface area contributed by atoms with Gasteiger partial charge in [-0.25, -0.2) is 0 Å². The highest BCUT2D eigenvalue weighted by Crippen LogP contribution is 2.37. The minimum absolute atomic E-state index is 0.0277. The van der Waals surface area contributed by atoms with Crippen LogP contribution in [-0.2, 0) is 4.79 Å². The third kappa shape index (κ3) is 5.93. The van der Waals surface area contributed by atoms with Gasteiger partial charge in [-0.3, -0.25) is 4.79 Å². The van der Waals surface area contributed by atoms with Crippen LogP contribution in [0.4, 0.5) is 5.69 Å². The van der Waals surface area contributed by atoms with Gasteiger partial charge in [0.15, 0.2) is 11.5 Å². The third-order valence-corrected chi connectivity index (χ3v) is 4.43. The topological polar surface area (TPSA) is 71.3 Å². The summed E-state index contributed by atoms with van der Waals surface area (Å²) in [5.74, 6) is 2.46. The summed E-state index contributed by atoms with van der Waals surface area (Å²) in [6.07, 6.45) is 6.63. The maximum atomic E-state index is 12.5. The first-order valence-corrected chi connectivity index (χ1v) is 9.37. The van der Waals surface area contributed by atoms with E-state index in [0.29, 0.717) is 34.4 Å². The molecule has 5 nitrogen and oxygen atoms in total. The van der Waals surface area contributed by atoms with Crippen molar-refractivity contribution in [1.82, 2.24) is 0 Å². The minimum atomic E-state index is -0.575. The van der Waals surface area contributed by atoms with Crippen LogP contribution in [0.3, 0.4) is 0 Å². The number of nitrogens with zero attached hydrogens (tertiary/aromatic N) is 1. The highest BCUT2D eigenvalue weighted by atomic mass is 35.5. The van der Waals surface area contributed by atoms with Crippen molar-refractivity contribution in [2.45, 2.75) is 13.8 Å². The van der Waals surface area contributed by atoms with Gasteiger partial charge in [-0.15, -0.1) is 6.42 Å². The fourth-order valence-corrected chi connectivity index (χ4v) is 2.83. The van der Waals surface area contributed by atoms with Gasteiger partial charge < -0.3 is 14.8 Å². The Hall–Kier alpha value is -3.12. The van der Waals surface area contributed by atoms with Gasteiger partial charge in [-0.2, -0.15) is 5.26 Å². The summed E-state index contributed by atoms with van der Waals surface area (Å²) in [6.45, 7) is 4.06. The highest BCUT2D eigenvalue weighted by Gasteiger charge is 2.15. The second kappa shape index (κ2) is 10.4. The van der Waals surface area contributed by atoms with Crippen molar-refractivity contribution in [2.75, 3.05) is 18.5 Å². The number of carbonyl (C=O) groups excluding carboxylic acids is 1. The Morgan fingerprint density at radius 3 is 2.62 bits per heavy atom. The van der Waals surface area contributed by atoms with Crippen molar-refractivity contribution in [2.24, 2.45) is 0 Å². The molecule has 2 aromatic rings. The van der Waals surface area contributed by atoms with E-state index in [1.54, 1.807) is 30.3 Å². The number of ether oxygens (including phenoxy) is 2. The number of hydrogen-bond donors (Lipinski definition) is 1. The third-order valence-electron chi connectivity index (χ3n) is 3.74. The monoisotopic (exact) mass is 428 g/mol. The van der Waals surface area contributed by atoms with Crippen LogP contribution in [0.5, 0.6) is 11.5 Å². The molecular weight excluding hydrogens is 411 g/mol. The summed E-state index contributed by atoms with van der Waals surface area (Å²) in [5.41, 5.74) is 1.75. The van der Waals surface area contributed by atoms with Crippen LogP contribution in [0, 0.1) is 30.6 Å². The first-order valence-electron chi connectivity index (χ1n) is 8.61. The van der Waals surface area contributed by atoms with Crippen LogP contribution in [0.25, 0.3) is 6.08 Å². The Balaban J connectivity index is 2.33. The summed E-state index contributed by atoms with van der Waals surface area (Å²) >= 11 is 12.3. The summed E-state index contributed by atoms with van der Waals surface area (Å²) in [6, 6.07) is 10.2. The lowest BCUT2D eigenvalue weighted by Crippen LogP contribution is -2.13. The lowest BCUT2D eigenvalue weighted by Gasteiger charge is -2.13. The van der Waals surface area contributed by atoms with Gasteiger partial charge in [-0.05, 0) is 55.3 Å². The molecule has 7 heteroatoms. The Morgan fingerprint density at radius 2 is 2.00 bits per heavy atom. The number of hydrogen-bond acceptors (Lipinski definition) is 4. The molecule has 148 valence electrons. The molecule has 1 N–H and O–H groups in total. The quantitative estimate of drug-likeness (QED) is 0.370. The molecule has 0 atom stereocenters. The van der Waals surface area contributed by atoms with Crippen LogP contribution in [0.2, 0.25) is 10.0 Å². The van der Waals surface area contributed by atoms with Crippen molar-refractivity contribution >= 4 is 40.9 Å². The highest BCUT2D eigenvalue weighted by molar-refractivity contribution is 6.32. The number of aryl methyl sites for hydroxylation is 1. The molecule has 0 bridgehead atoms. The molecule has 0 saturated heterocycles. The first-order chi connectivity index (χ1) is 13.9. The number of anilines is 1. The summed E-state index contributed by atoms with van der Waals surface area (Å²) < 4.78 is 11.0. The average Bonchev–Trinajstić information content (AvgIpc) is 2.68. The molecule has 29 heavy (non-hydrogen) atoms. The van der Waals surface area contributed by atoms with Gasteiger partial charge in [0.05, 0.1) is 11.6 Å². The van der Waals surface area contributed by atoms with E-state index in [1.165, 1.54) is 6.08 Å². The molecular formula is C22H18Cl2N2O3. The zero-order chi connectivity index (χ0) is 21.4. The van der Waals surface area contributed by atoms with E-state index in [4.69, 9.17) is 39.1 Å². The molecule has 0 aliphatic carbocycles. The van der Waals surface area contributed by atoms with Gasteiger partial charge in [0.2, 0.25) is 0 Å². The molecule has 0 saturated carbocycles. The van der Waals surface area contributed by atoms with Crippen molar-refractivity contribution in [3.63, 3.8) is 0 Å². The van der Waals surface area contributed by atoms with Gasteiger partial charge >= 0.3 is 0 Å². The molecule has 0 heterocycles. The molecule has 0 fully saturated rings. The fraction of sp³-hybridized carbons (Fsp3) is 0.182. The number of nitriles is 1. The van der Waals surface area contributed by atoms with Gasteiger partial charge in [-0.1, -0.05) is 35.2 Å². The molecule has 1 amide bonds. The predicted molar refractivity (Wildman–Crippen MR) is 115 cm³/mol. The smallest absolute Gasteiger partial charge is 0.266 e. The number of halogens is 2. The number of amides is 1. The van der Waals surface area contributed by atoms with Crippen molar-refractivity contribution < 1.29 is 14.3 Å². The molecule has 0 spiro atoms. The zero-order valence-corrected chi connectivity index (χ0v) is 17.4. The van der Waals surface area contributed by atoms with Crippen LogP contribution in [-0.4, -0.2) is 19.1 Å². The SMILES string of the molecule is C#CCOc1c(Cl)cc(/C=C(\C#N)C(=O)Nc2ccc(C)c(Cl)c2)cc1OCC. The second-order valence-corrected chi connectivity index (χ2v) is 6.66. The number of benzene rings is 2. The number of carbonyl (C=O) groups is 1. The molecule has 0 unspecified atom stereocenters. The Labute approximate surface area is 179 Å². The standard InChI is InChI=1S/C22H18Cl2N2O3/c1-4-8-29-21-19(24)10-15(11-20(21)28-5-2)9-16(13-25)22(27)26-17-7-6-14(3)18(23)12-17/h1,6-7,9-12H,5,8H2,2-3H3,(H,26,27)/b16-9+. The molecule has 0 aliphatic rings. The van der Waals surface area contributed by atoms with Crippen LogP contribution >= 0.6 is 23.2 Å². The zero-order valence-electron chi connectivity index (χ0n) is 15.9. The maximum absolute atomic E-state index is 12.5. The van der Waals surface area contributed by atoms with Crippen molar-refractivity contribution in [1.29, 1.82) is 5.26 Å². The van der Waals surface area contributed by atoms with Crippen molar-refractivity contribution in [3.8, 4) is 29.9 Å². The lowest BCUT2D eigenvalue weighted by atomic mass is 10.1. The fourth-order valence-electron chi connectivity index (χ4n) is 2.37. The largest absolute Gasteiger partial charge is 0.490 e. The number of rotatable bonds is 7. The van der Waals surface area contributed by atoms with Gasteiger partial charge in [0.1, 0.15) is 18.2 Å². The molecule has 2 rings (SSSR count). The van der Waals surface area contributed by atoms with E-state index in [-0.39, 0.29) is 17.2 Å². The van der Waals surface area contributed by atoms with Crippen molar-refractivity contribution in [3.05, 3.63) is 57.1 Å². The second-order valence-electron chi connectivity index (χ2n) is 5.84. The van der Waals surface area contributed by atoms with E-state index in [9.17, 15) is 10.1 Å². The van der Waals surface area contributed by atoms with E-state index in [1.807, 2.05) is 19.9 Å². The Bertz CT molecular complexity index is 1030. The summed E-state index contributed by atoms with van der Waals surface area (Å²) in [4.78, 5) is 12.5. The van der Waals surface area contributed by atoms with Crippen LogP contribution in [0.15, 0.2) is 35.9 Å². The number of terminal acetylenes is 1. The van der Waals surface area contributed by atoms with Crippen LogP contribution < -0.4 is 14.8 Å².